The van der Waals surface area contributed by atoms with Crippen LogP contribution in [-0.4, -0.2) is 21.0 Å². The van der Waals surface area contributed by atoms with Gasteiger partial charge < -0.3 is 11.5 Å². The van der Waals surface area contributed by atoms with Crippen molar-refractivity contribution in [1.29, 1.82) is 0 Å². The van der Waals surface area contributed by atoms with E-state index in [0.717, 1.165) is 23.2 Å². The Kier molecular flexibility index (Phi) is 4.29. The van der Waals surface area contributed by atoms with Crippen LogP contribution >= 0.6 is 11.6 Å². The van der Waals surface area contributed by atoms with Gasteiger partial charge in [-0.25, -0.2) is 4.98 Å². The topological polar surface area (TPSA) is 110 Å². The van der Waals surface area contributed by atoms with Crippen LogP contribution in [0, 0.1) is 4.91 Å². The molecule has 0 spiro atoms. The SMILES string of the molecule is Nc1nc(N)c2c(n1)CCC(N(Cc1ccc(Cl)cc1)N=O)C2. The average Bonchev–Trinajstić information content (AvgIpc) is 2.54. The molecular weight excluding hydrogens is 316 g/mol. The van der Waals surface area contributed by atoms with Crippen molar-refractivity contribution in [3.8, 4) is 0 Å². The zero-order chi connectivity index (χ0) is 16.4. The van der Waals surface area contributed by atoms with E-state index in [1.54, 1.807) is 17.1 Å². The molecule has 1 aliphatic rings. The smallest absolute Gasteiger partial charge is 0.222 e. The Morgan fingerprint density at radius 1 is 1.26 bits per heavy atom. The lowest BCUT2D eigenvalue weighted by atomic mass is 9.91. The molecule has 0 aliphatic heterocycles. The predicted molar refractivity (Wildman–Crippen MR) is 89.5 cm³/mol. The molecule has 1 atom stereocenters. The van der Waals surface area contributed by atoms with E-state index in [1.807, 2.05) is 12.1 Å². The zero-order valence-corrected chi connectivity index (χ0v) is 13.2. The molecule has 4 N–H and O–H groups in total. The lowest BCUT2D eigenvalue weighted by molar-refractivity contribution is 0.175. The second kappa shape index (κ2) is 6.37. The highest BCUT2D eigenvalue weighted by Crippen LogP contribution is 2.28. The van der Waals surface area contributed by atoms with Crippen LogP contribution in [0.3, 0.4) is 0 Å². The third kappa shape index (κ3) is 3.34. The lowest BCUT2D eigenvalue weighted by Gasteiger charge is -2.31. The van der Waals surface area contributed by atoms with Crippen LogP contribution in [0.2, 0.25) is 5.02 Å². The molecule has 2 aromatic rings. The van der Waals surface area contributed by atoms with Crippen LogP contribution in [0.4, 0.5) is 11.8 Å². The highest BCUT2D eigenvalue weighted by molar-refractivity contribution is 6.30. The number of benzene rings is 1. The number of hydrogen-bond donors (Lipinski definition) is 2. The number of nitrogens with two attached hydrogens (primary N) is 2. The molecule has 8 heteroatoms. The molecule has 7 nitrogen and oxygen atoms in total. The summed E-state index contributed by atoms with van der Waals surface area (Å²) in [6.07, 6.45) is 2.05. The van der Waals surface area contributed by atoms with Gasteiger partial charge in [-0.05, 0) is 37.0 Å². The molecule has 0 bridgehead atoms. The Morgan fingerprint density at radius 2 is 2.00 bits per heavy atom. The highest BCUT2D eigenvalue weighted by atomic mass is 35.5. The van der Waals surface area contributed by atoms with E-state index in [4.69, 9.17) is 23.1 Å². The summed E-state index contributed by atoms with van der Waals surface area (Å²) in [5, 5.41) is 5.40. The Hall–Kier alpha value is -2.41. The van der Waals surface area contributed by atoms with Gasteiger partial charge in [-0.15, -0.1) is 4.91 Å². The lowest BCUT2D eigenvalue weighted by Crippen LogP contribution is -2.36. The maximum Gasteiger partial charge on any atom is 0.222 e. The van der Waals surface area contributed by atoms with Crippen molar-refractivity contribution in [2.45, 2.75) is 31.8 Å². The number of fused-ring (bicyclic) bond motifs is 1. The van der Waals surface area contributed by atoms with E-state index in [2.05, 4.69) is 15.3 Å². The Balaban J connectivity index is 1.77. The van der Waals surface area contributed by atoms with Gasteiger partial charge in [0.1, 0.15) is 5.82 Å². The van der Waals surface area contributed by atoms with E-state index in [1.165, 1.54) is 0 Å². The van der Waals surface area contributed by atoms with Crippen molar-refractivity contribution in [1.82, 2.24) is 15.0 Å². The van der Waals surface area contributed by atoms with Gasteiger partial charge in [-0.1, -0.05) is 23.7 Å². The third-order valence-corrected chi connectivity index (χ3v) is 4.33. The van der Waals surface area contributed by atoms with E-state index >= 15 is 0 Å². The van der Waals surface area contributed by atoms with Gasteiger partial charge in [-0.2, -0.15) is 4.98 Å². The fourth-order valence-electron chi connectivity index (χ4n) is 2.90. The zero-order valence-electron chi connectivity index (χ0n) is 12.4. The van der Waals surface area contributed by atoms with Gasteiger partial charge in [0.2, 0.25) is 5.95 Å². The number of halogens is 1. The molecule has 0 saturated heterocycles. The van der Waals surface area contributed by atoms with Crippen LogP contribution in [0.25, 0.3) is 0 Å². The van der Waals surface area contributed by atoms with Crippen LogP contribution in [0.5, 0.6) is 0 Å². The summed E-state index contributed by atoms with van der Waals surface area (Å²) < 4.78 is 0. The van der Waals surface area contributed by atoms with Gasteiger partial charge in [0.25, 0.3) is 0 Å². The van der Waals surface area contributed by atoms with Crippen LogP contribution in [-0.2, 0) is 19.4 Å². The molecule has 0 saturated carbocycles. The number of aryl methyl sites for hydroxylation is 1. The van der Waals surface area contributed by atoms with Gasteiger partial charge in [-0.3, -0.25) is 5.01 Å². The minimum atomic E-state index is -0.0368. The number of rotatable bonds is 4. The molecule has 1 unspecified atom stereocenters. The quantitative estimate of drug-likeness (QED) is 0.656. The van der Waals surface area contributed by atoms with E-state index < -0.39 is 0 Å². The summed E-state index contributed by atoms with van der Waals surface area (Å²) >= 11 is 5.88. The van der Waals surface area contributed by atoms with Crippen LogP contribution in [0.1, 0.15) is 23.2 Å². The molecule has 0 amide bonds. The Bertz CT molecular complexity index is 721. The molecule has 1 aromatic carbocycles. The molecular formula is C15H17ClN6O. The summed E-state index contributed by atoms with van der Waals surface area (Å²) in [6, 6.07) is 7.32. The van der Waals surface area contributed by atoms with Gasteiger partial charge in [0.15, 0.2) is 0 Å². The van der Waals surface area contributed by atoms with Gasteiger partial charge >= 0.3 is 0 Å². The van der Waals surface area contributed by atoms with Crippen molar-refractivity contribution in [2.75, 3.05) is 11.5 Å². The molecule has 3 rings (SSSR count). The van der Waals surface area contributed by atoms with Crippen molar-refractivity contribution < 1.29 is 0 Å². The minimum Gasteiger partial charge on any atom is -0.383 e. The first-order chi connectivity index (χ1) is 11.1. The third-order valence-electron chi connectivity index (χ3n) is 4.08. The molecule has 23 heavy (non-hydrogen) atoms. The van der Waals surface area contributed by atoms with Crippen molar-refractivity contribution in [3.05, 3.63) is 51.0 Å². The maximum absolute atomic E-state index is 11.3. The number of aromatic nitrogens is 2. The highest BCUT2D eigenvalue weighted by Gasteiger charge is 2.27. The summed E-state index contributed by atoms with van der Waals surface area (Å²) in [7, 11) is 0. The number of nitrogen functional groups attached to an aromatic ring is 2. The number of anilines is 2. The predicted octanol–water partition coefficient (Wildman–Crippen LogP) is 2.34. The standard InChI is InChI=1S/C15H17ClN6O/c16-10-3-1-9(2-4-10)8-22(21-23)11-5-6-13-12(7-11)14(17)20-15(18)19-13/h1-4,11H,5-8H2,(H4,17,18,19,20). The minimum absolute atomic E-state index is 0.0368. The molecule has 1 aromatic heterocycles. The van der Waals surface area contributed by atoms with E-state index in [0.29, 0.717) is 30.2 Å². The summed E-state index contributed by atoms with van der Waals surface area (Å²) in [6.45, 7) is 0.427. The van der Waals surface area contributed by atoms with Crippen molar-refractivity contribution >= 4 is 23.4 Å². The summed E-state index contributed by atoms with van der Waals surface area (Å²) in [4.78, 5) is 19.5. The van der Waals surface area contributed by atoms with E-state index in [9.17, 15) is 4.91 Å². The summed E-state index contributed by atoms with van der Waals surface area (Å²) in [5.41, 5.74) is 14.3. The molecule has 0 fully saturated rings. The second-order valence-electron chi connectivity index (χ2n) is 5.59. The van der Waals surface area contributed by atoms with E-state index in [-0.39, 0.29) is 12.0 Å². The molecule has 1 heterocycles. The van der Waals surface area contributed by atoms with Gasteiger partial charge in [0, 0.05) is 10.6 Å². The van der Waals surface area contributed by atoms with Crippen LogP contribution in [0.15, 0.2) is 29.6 Å². The first-order valence-corrected chi connectivity index (χ1v) is 7.69. The maximum atomic E-state index is 11.3. The second-order valence-corrected chi connectivity index (χ2v) is 6.03. The molecule has 1 aliphatic carbocycles. The molecule has 0 radical (unpaired) electrons. The largest absolute Gasteiger partial charge is 0.383 e. The normalized spacial score (nSPS) is 16.7. The fraction of sp³-hybridized carbons (Fsp3) is 0.333. The van der Waals surface area contributed by atoms with Gasteiger partial charge in [0.05, 0.1) is 23.6 Å². The first-order valence-electron chi connectivity index (χ1n) is 7.32. The Morgan fingerprint density at radius 3 is 2.70 bits per heavy atom. The average molecular weight is 333 g/mol. The van der Waals surface area contributed by atoms with Crippen molar-refractivity contribution in [2.24, 2.45) is 5.29 Å². The first kappa shape index (κ1) is 15.5. The van der Waals surface area contributed by atoms with Crippen LogP contribution < -0.4 is 11.5 Å². The fourth-order valence-corrected chi connectivity index (χ4v) is 3.02. The monoisotopic (exact) mass is 332 g/mol. The number of nitrogens with zero attached hydrogens (tertiary/aromatic N) is 4. The number of hydrogen-bond acceptors (Lipinski definition) is 6. The molecule has 120 valence electrons. The number of nitroso groups, excluding NO2 is 1. The van der Waals surface area contributed by atoms with Crippen molar-refractivity contribution in [3.63, 3.8) is 0 Å². The summed E-state index contributed by atoms with van der Waals surface area (Å²) in [5.74, 6) is 0.570. The Labute approximate surface area is 138 Å².